The lowest BCUT2D eigenvalue weighted by Gasteiger charge is -2.36. The van der Waals surface area contributed by atoms with E-state index in [-0.39, 0.29) is 6.10 Å². The van der Waals surface area contributed by atoms with Crippen molar-refractivity contribution in [3.8, 4) is 5.75 Å². The third-order valence-electron chi connectivity index (χ3n) is 5.47. The van der Waals surface area contributed by atoms with Crippen LogP contribution in [0.4, 0.5) is 5.69 Å². The third kappa shape index (κ3) is 3.48. The van der Waals surface area contributed by atoms with Gasteiger partial charge in [0.1, 0.15) is 18.5 Å². The van der Waals surface area contributed by atoms with E-state index < -0.39 is 0 Å². The van der Waals surface area contributed by atoms with E-state index in [9.17, 15) is 0 Å². The average molecular weight is 316 g/mol. The van der Waals surface area contributed by atoms with Crippen LogP contribution in [0.15, 0.2) is 18.2 Å². The summed E-state index contributed by atoms with van der Waals surface area (Å²) in [5.74, 6) is 0.990. The zero-order valence-corrected chi connectivity index (χ0v) is 13.9. The van der Waals surface area contributed by atoms with Crippen LogP contribution in [0, 0.1) is 0 Å². The molecule has 23 heavy (non-hydrogen) atoms. The van der Waals surface area contributed by atoms with Gasteiger partial charge < -0.3 is 14.8 Å². The van der Waals surface area contributed by atoms with E-state index in [1.165, 1.54) is 43.4 Å². The summed E-state index contributed by atoms with van der Waals surface area (Å²) in [5.41, 5.74) is 2.58. The van der Waals surface area contributed by atoms with Crippen LogP contribution in [0.1, 0.15) is 37.7 Å². The topological polar surface area (TPSA) is 33.7 Å². The first-order valence-corrected chi connectivity index (χ1v) is 9.24. The first-order valence-electron chi connectivity index (χ1n) is 9.24. The number of benzene rings is 1. The Morgan fingerprint density at radius 3 is 3.04 bits per heavy atom. The maximum Gasteiger partial charge on any atom is 0.142 e. The van der Waals surface area contributed by atoms with Crippen LogP contribution in [0.3, 0.4) is 0 Å². The van der Waals surface area contributed by atoms with E-state index in [1.807, 2.05) is 0 Å². The quantitative estimate of drug-likeness (QED) is 0.925. The van der Waals surface area contributed by atoms with Gasteiger partial charge in [0, 0.05) is 25.7 Å². The van der Waals surface area contributed by atoms with Crippen molar-refractivity contribution in [2.24, 2.45) is 0 Å². The zero-order chi connectivity index (χ0) is 15.5. The lowest BCUT2D eigenvalue weighted by atomic mass is 10.0. The number of fused-ring (bicyclic) bond motifs is 1. The van der Waals surface area contributed by atoms with Crippen LogP contribution in [0.2, 0.25) is 0 Å². The summed E-state index contributed by atoms with van der Waals surface area (Å²) in [6.45, 7) is 4.65. The van der Waals surface area contributed by atoms with Crippen LogP contribution >= 0.6 is 0 Å². The number of ether oxygens (including phenoxy) is 2. The molecule has 1 atom stereocenters. The van der Waals surface area contributed by atoms with E-state index in [1.54, 1.807) is 0 Å². The first-order chi connectivity index (χ1) is 11.4. The number of nitrogens with zero attached hydrogens (tertiary/aromatic N) is 1. The van der Waals surface area contributed by atoms with Gasteiger partial charge in [0.25, 0.3) is 0 Å². The van der Waals surface area contributed by atoms with Crippen LogP contribution < -0.4 is 10.1 Å². The summed E-state index contributed by atoms with van der Waals surface area (Å²) in [6, 6.07) is 7.17. The minimum absolute atomic E-state index is 0.198. The molecule has 2 aliphatic heterocycles. The summed E-state index contributed by atoms with van der Waals surface area (Å²) in [7, 11) is 0. The lowest BCUT2D eigenvalue weighted by molar-refractivity contribution is -0.0595. The van der Waals surface area contributed by atoms with Gasteiger partial charge in [-0.05, 0) is 37.3 Å². The summed E-state index contributed by atoms with van der Waals surface area (Å²) in [6.07, 6.45) is 8.07. The molecule has 0 spiro atoms. The molecule has 1 aromatic rings. The molecular weight excluding hydrogens is 288 g/mol. The highest BCUT2D eigenvalue weighted by Crippen LogP contribution is 2.32. The van der Waals surface area contributed by atoms with Crippen LogP contribution in [-0.2, 0) is 11.2 Å². The first kappa shape index (κ1) is 15.3. The molecule has 0 aromatic heterocycles. The normalized spacial score (nSPS) is 25.8. The average Bonchev–Trinajstić information content (AvgIpc) is 3.15. The molecule has 3 aliphatic rings. The molecule has 4 nitrogen and oxygen atoms in total. The van der Waals surface area contributed by atoms with Crippen molar-refractivity contribution in [2.45, 2.75) is 50.7 Å². The monoisotopic (exact) mass is 316 g/mol. The predicted octanol–water partition coefficient (Wildman–Crippen LogP) is 3.07. The van der Waals surface area contributed by atoms with Gasteiger partial charge in [0.05, 0.1) is 12.3 Å². The Kier molecular flexibility index (Phi) is 4.72. The predicted molar refractivity (Wildman–Crippen MR) is 92.3 cm³/mol. The van der Waals surface area contributed by atoms with Gasteiger partial charge in [-0.2, -0.15) is 0 Å². The molecule has 0 amide bonds. The number of hydrogen-bond acceptors (Lipinski definition) is 4. The fourth-order valence-corrected chi connectivity index (χ4v) is 4.22. The van der Waals surface area contributed by atoms with E-state index >= 15 is 0 Å². The molecule has 126 valence electrons. The number of aryl methyl sites for hydroxylation is 1. The molecule has 1 saturated heterocycles. The second kappa shape index (κ2) is 7.10. The Balaban J connectivity index is 1.35. The highest BCUT2D eigenvalue weighted by Gasteiger charge is 2.28. The maximum atomic E-state index is 6.14. The maximum absolute atomic E-state index is 6.14. The van der Waals surface area contributed by atoms with Gasteiger partial charge in [-0.3, -0.25) is 4.90 Å². The molecule has 0 bridgehead atoms. The minimum Gasteiger partial charge on any atom is -0.489 e. The molecule has 2 heterocycles. The molecule has 1 N–H and O–H groups in total. The molecule has 4 heteroatoms. The van der Waals surface area contributed by atoms with Crippen molar-refractivity contribution < 1.29 is 9.47 Å². The summed E-state index contributed by atoms with van der Waals surface area (Å²) in [4.78, 5) is 2.63. The van der Waals surface area contributed by atoms with Crippen molar-refractivity contribution in [2.75, 3.05) is 38.2 Å². The molecule has 1 unspecified atom stereocenters. The lowest BCUT2D eigenvalue weighted by Crippen LogP contribution is -2.48. The highest BCUT2D eigenvalue weighted by molar-refractivity contribution is 5.63. The van der Waals surface area contributed by atoms with Crippen molar-refractivity contribution in [1.82, 2.24) is 4.90 Å². The Hall–Kier alpha value is -1.26. The molecule has 4 rings (SSSR count). The van der Waals surface area contributed by atoms with E-state index in [0.717, 1.165) is 44.5 Å². The largest absolute Gasteiger partial charge is 0.489 e. The SMILES string of the molecule is c1cc2c(c(OCC3CN(C4CCCC4)CCO3)c1)NCCC2. The second-order valence-corrected chi connectivity index (χ2v) is 7.06. The smallest absolute Gasteiger partial charge is 0.142 e. The van der Waals surface area contributed by atoms with Gasteiger partial charge in [-0.15, -0.1) is 0 Å². The summed E-state index contributed by atoms with van der Waals surface area (Å²) < 4.78 is 12.1. The molecule has 1 saturated carbocycles. The third-order valence-corrected chi connectivity index (χ3v) is 5.47. The van der Waals surface area contributed by atoms with Crippen molar-refractivity contribution in [3.05, 3.63) is 23.8 Å². The van der Waals surface area contributed by atoms with Gasteiger partial charge in [-0.1, -0.05) is 25.0 Å². The minimum atomic E-state index is 0.198. The van der Waals surface area contributed by atoms with Gasteiger partial charge >= 0.3 is 0 Å². The van der Waals surface area contributed by atoms with Gasteiger partial charge in [0.15, 0.2) is 0 Å². The Morgan fingerprint density at radius 2 is 2.13 bits per heavy atom. The van der Waals surface area contributed by atoms with Gasteiger partial charge in [0.2, 0.25) is 0 Å². The number of nitrogens with one attached hydrogen (secondary N) is 1. The fraction of sp³-hybridized carbons (Fsp3) is 0.684. The van der Waals surface area contributed by atoms with Gasteiger partial charge in [-0.25, -0.2) is 0 Å². The standard InChI is InChI=1S/C19H28N2O2/c1-2-8-16(7-1)21-11-12-22-17(13-21)14-23-18-9-3-5-15-6-4-10-20-19(15)18/h3,5,9,16-17,20H,1-2,4,6-8,10-14H2. The fourth-order valence-electron chi connectivity index (χ4n) is 4.22. The van der Waals surface area contributed by atoms with Crippen LogP contribution in [-0.4, -0.2) is 49.9 Å². The van der Waals surface area contributed by atoms with Crippen LogP contribution in [0.5, 0.6) is 5.75 Å². The molecule has 2 fully saturated rings. The Labute approximate surface area is 139 Å². The van der Waals surface area contributed by atoms with E-state index in [0.29, 0.717) is 6.61 Å². The molecule has 1 aliphatic carbocycles. The highest BCUT2D eigenvalue weighted by atomic mass is 16.5. The number of rotatable bonds is 4. The van der Waals surface area contributed by atoms with Crippen molar-refractivity contribution in [3.63, 3.8) is 0 Å². The number of hydrogen-bond donors (Lipinski definition) is 1. The molecular formula is C19H28N2O2. The summed E-state index contributed by atoms with van der Waals surface area (Å²) >= 11 is 0. The molecule has 1 aromatic carbocycles. The Morgan fingerprint density at radius 1 is 1.22 bits per heavy atom. The number of anilines is 1. The van der Waals surface area contributed by atoms with Crippen molar-refractivity contribution >= 4 is 5.69 Å². The zero-order valence-electron chi connectivity index (χ0n) is 13.9. The summed E-state index contributed by atoms with van der Waals surface area (Å²) in [5, 5.41) is 3.50. The molecule has 0 radical (unpaired) electrons. The van der Waals surface area contributed by atoms with E-state index in [2.05, 4.69) is 28.4 Å². The van der Waals surface area contributed by atoms with Crippen molar-refractivity contribution in [1.29, 1.82) is 0 Å². The number of para-hydroxylation sites is 1. The number of morpholine rings is 1. The van der Waals surface area contributed by atoms with E-state index in [4.69, 9.17) is 9.47 Å². The second-order valence-electron chi connectivity index (χ2n) is 7.06. The van der Waals surface area contributed by atoms with Crippen LogP contribution in [0.25, 0.3) is 0 Å². The Bertz CT molecular complexity index is 528.